The Hall–Kier alpha value is -1.20. The average Bonchev–Trinajstić information content (AvgIpc) is 2.95. The van der Waals surface area contributed by atoms with Crippen LogP contribution in [0.5, 0.6) is 0 Å². The van der Waals surface area contributed by atoms with Crippen molar-refractivity contribution in [3.8, 4) is 0 Å². The number of aryl methyl sites for hydroxylation is 2. The molecule has 0 saturated carbocycles. The van der Waals surface area contributed by atoms with E-state index in [0.717, 1.165) is 29.4 Å². The van der Waals surface area contributed by atoms with Crippen molar-refractivity contribution in [3.63, 3.8) is 0 Å². The number of thiazole rings is 1. The molecule has 0 bridgehead atoms. The van der Waals surface area contributed by atoms with E-state index < -0.39 is 0 Å². The Kier molecular flexibility index (Phi) is 4.94. The summed E-state index contributed by atoms with van der Waals surface area (Å²) in [5.41, 5.74) is 2.27. The fraction of sp³-hybridized carbons (Fsp3) is 0.600. The first-order valence-electron chi connectivity index (χ1n) is 7.22. The predicted octanol–water partition coefficient (Wildman–Crippen LogP) is 3.43. The lowest BCUT2D eigenvalue weighted by molar-refractivity contribution is 0.508. The molecular weight excluding hydrogens is 268 g/mol. The van der Waals surface area contributed by atoms with Crippen molar-refractivity contribution >= 4 is 11.3 Å². The van der Waals surface area contributed by atoms with Crippen LogP contribution in [-0.2, 0) is 6.42 Å². The quantitative estimate of drug-likeness (QED) is 0.887. The van der Waals surface area contributed by atoms with Crippen molar-refractivity contribution in [2.75, 3.05) is 6.54 Å². The van der Waals surface area contributed by atoms with E-state index in [1.54, 1.807) is 11.3 Å². The van der Waals surface area contributed by atoms with Crippen LogP contribution in [-0.4, -0.2) is 21.3 Å². The van der Waals surface area contributed by atoms with Crippen molar-refractivity contribution in [1.29, 1.82) is 0 Å². The molecule has 110 valence electrons. The molecule has 0 spiro atoms. The first-order valence-corrected chi connectivity index (χ1v) is 8.04. The van der Waals surface area contributed by atoms with E-state index in [0.29, 0.717) is 12.1 Å². The number of nitrogens with zero attached hydrogens (tertiary/aromatic N) is 3. The molecular formula is C15H24N4S. The van der Waals surface area contributed by atoms with Gasteiger partial charge in [-0.15, -0.1) is 11.3 Å². The zero-order chi connectivity index (χ0) is 14.7. The third-order valence-corrected chi connectivity index (χ3v) is 4.50. The molecule has 0 aliphatic heterocycles. The molecule has 0 aromatic carbocycles. The van der Waals surface area contributed by atoms with Crippen molar-refractivity contribution in [1.82, 2.24) is 20.1 Å². The fourth-order valence-corrected chi connectivity index (χ4v) is 3.36. The number of nitrogens with one attached hydrogen (secondary N) is 1. The van der Waals surface area contributed by atoms with Crippen molar-refractivity contribution in [2.45, 2.75) is 53.1 Å². The topological polar surface area (TPSA) is 42.7 Å². The highest BCUT2D eigenvalue weighted by Gasteiger charge is 2.18. The molecule has 20 heavy (non-hydrogen) atoms. The Morgan fingerprint density at radius 1 is 1.35 bits per heavy atom. The minimum atomic E-state index is 0.307. The Morgan fingerprint density at radius 3 is 2.60 bits per heavy atom. The van der Waals surface area contributed by atoms with Gasteiger partial charge in [0, 0.05) is 29.6 Å². The molecule has 1 N–H and O–H groups in total. The summed E-state index contributed by atoms with van der Waals surface area (Å²) in [6, 6.07) is 2.84. The van der Waals surface area contributed by atoms with Crippen LogP contribution in [0.2, 0.25) is 0 Å². The number of rotatable bonds is 6. The molecule has 2 aromatic heterocycles. The van der Waals surface area contributed by atoms with Crippen LogP contribution in [0.1, 0.15) is 54.1 Å². The molecule has 2 aromatic rings. The second-order valence-electron chi connectivity index (χ2n) is 5.38. The van der Waals surface area contributed by atoms with E-state index in [-0.39, 0.29) is 0 Å². The molecule has 0 aliphatic carbocycles. The van der Waals surface area contributed by atoms with Crippen molar-refractivity contribution in [3.05, 3.63) is 33.5 Å². The van der Waals surface area contributed by atoms with Gasteiger partial charge in [0.1, 0.15) is 0 Å². The molecule has 5 heteroatoms. The smallest absolute Gasteiger partial charge is 0.0900 e. The first-order chi connectivity index (χ1) is 9.51. The van der Waals surface area contributed by atoms with Crippen LogP contribution in [0.25, 0.3) is 0 Å². The second kappa shape index (κ2) is 6.50. The van der Waals surface area contributed by atoms with E-state index in [2.05, 4.69) is 62.3 Å². The Labute approximate surface area is 125 Å². The van der Waals surface area contributed by atoms with Gasteiger partial charge < -0.3 is 5.32 Å². The normalized spacial score (nSPS) is 13.1. The fourth-order valence-electron chi connectivity index (χ4n) is 2.36. The number of aromatic nitrogens is 3. The molecule has 4 nitrogen and oxygen atoms in total. The zero-order valence-electron chi connectivity index (χ0n) is 13.0. The Balaban J connectivity index is 2.18. The third kappa shape index (κ3) is 3.46. The highest BCUT2D eigenvalue weighted by atomic mass is 32.1. The van der Waals surface area contributed by atoms with Gasteiger partial charge in [-0.2, -0.15) is 5.10 Å². The number of hydrogen-bond donors (Lipinski definition) is 1. The monoisotopic (exact) mass is 292 g/mol. The van der Waals surface area contributed by atoms with Crippen LogP contribution in [0.4, 0.5) is 0 Å². The van der Waals surface area contributed by atoms with E-state index in [1.807, 2.05) is 4.68 Å². The Morgan fingerprint density at radius 2 is 2.10 bits per heavy atom. The summed E-state index contributed by atoms with van der Waals surface area (Å²) in [5.74, 6) is 0. The van der Waals surface area contributed by atoms with Gasteiger partial charge in [-0.25, -0.2) is 4.98 Å². The molecule has 0 amide bonds. The SMILES string of the molecule is CCNC(Cc1ccn(C(C)C)n1)c1sc(C)nc1C. The summed E-state index contributed by atoms with van der Waals surface area (Å²) < 4.78 is 2.02. The maximum atomic E-state index is 4.65. The van der Waals surface area contributed by atoms with Crippen LogP contribution in [0, 0.1) is 13.8 Å². The molecule has 2 heterocycles. The van der Waals surface area contributed by atoms with E-state index in [4.69, 9.17) is 0 Å². The minimum Gasteiger partial charge on any atom is -0.309 e. The Bertz CT molecular complexity index is 556. The first kappa shape index (κ1) is 15.2. The third-order valence-electron chi connectivity index (χ3n) is 3.31. The molecule has 2 rings (SSSR count). The summed E-state index contributed by atoms with van der Waals surface area (Å²) in [6.07, 6.45) is 2.98. The zero-order valence-corrected chi connectivity index (χ0v) is 13.8. The standard InChI is InChI=1S/C15H24N4S/c1-6-16-14(15-11(4)17-12(5)20-15)9-13-7-8-19(18-13)10(2)3/h7-8,10,14,16H,6,9H2,1-5H3. The van der Waals surface area contributed by atoms with Gasteiger partial charge in [-0.3, -0.25) is 4.68 Å². The summed E-state index contributed by atoms with van der Waals surface area (Å²) >= 11 is 1.79. The van der Waals surface area contributed by atoms with Gasteiger partial charge in [0.25, 0.3) is 0 Å². The van der Waals surface area contributed by atoms with Crippen LogP contribution >= 0.6 is 11.3 Å². The molecule has 0 aliphatic rings. The number of likely N-dealkylation sites (N-methyl/N-ethyl adjacent to an activating group) is 1. The highest BCUT2D eigenvalue weighted by molar-refractivity contribution is 7.11. The van der Waals surface area contributed by atoms with Gasteiger partial charge in [-0.1, -0.05) is 6.92 Å². The highest BCUT2D eigenvalue weighted by Crippen LogP contribution is 2.27. The summed E-state index contributed by atoms with van der Waals surface area (Å²) in [6.45, 7) is 11.5. The average molecular weight is 292 g/mol. The largest absolute Gasteiger partial charge is 0.309 e. The maximum Gasteiger partial charge on any atom is 0.0900 e. The molecule has 1 unspecified atom stereocenters. The van der Waals surface area contributed by atoms with Crippen molar-refractivity contribution in [2.24, 2.45) is 0 Å². The molecule has 0 fully saturated rings. The van der Waals surface area contributed by atoms with Gasteiger partial charge in [-0.05, 0) is 40.3 Å². The van der Waals surface area contributed by atoms with Crippen LogP contribution in [0.15, 0.2) is 12.3 Å². The minimum absolute atomic E-state index is 0.307. The van der Waals surface area contributed by atoms with E-state index in [1.165, 1.54) is 4.88 Å². The predicted molar refractivity (Wildman–Crippen MR) is 84.3 cm³/mol. The van der Waals surface area contributed by atoms with E-state index >= 15 is 0 Å². The summed E-state index contributed by atoms with van der Waals surface area (Å²) in [5, 5.41) is 9.35. The van der Waals surface area contributed by atoms with Gasteiger partial charge in [0.05, 0.1) is 16.4 Å². The van der Waals surface area contributed by atoms with Gasteiger partial charge in [0.2, 0.25) is 0 Å². The van der Waals surface area contributed by atoms with Crippen LogP contribution in [0.3, 0.4) is 0 Å². The lowest BCUT2D eigenvalue weighted by Crippen LogP contribution is -2.23. The van der Waals surface area contributed by atoms with Crippen molar-refractivity contribution < 1.29 is 0 Å². The van der Waals surface area contributed by atoms with E-state index in [9.17, 15) is 0 Å². The lowest BCUT2D eigenvalue weighted by atomic mass is 10.1. The summed E-state index contributed by atoms with van der Waals surface area (Å²) in [7, 11) is 0. The molecule has 0 radical (unpaired) electrons. The van der Waals surface area contributed by atoms with Gasteiger partial charge in [0.15, 0.2) is 0 Å². The van der Waals surface area contributed by atoms with Crippen LogP contribution < -0.4 is 5.32 Å². The maximum absolute atomic E-state index is 4.65. The number of hydrogen-bond acceptors (Lipinski definition) is 4. The summed E-state index contributed by atoms with van der Waals surface area (Å²) in [4.78, 5) is 5.88. The lowest BCUT2D eigenvalue weighted by Gasteiger charge is -2.16. The van der Waals surface area contributed by atoms with Gasteiger partial charge >= 0.3 is 0 Å². The second-order valence-corrected chi connectivity index (χ2v) is 6.61. The molecule has 1 atom stereocenters. The molecule has 0 saturated heterocycles.